The molecule has 1 aromatic heterocycles. The molecule has 0 aliphatic carbocycles. The lowest BCUT2D eigenvalue weighted by Crippen LogP contribution is -2.29. The van der Waals surface area contributed by atoms with E-state index in [9.17, 15) is 13.2 Å². The van der Waals surface area contributed by atoms with Gasteiger partial charge >= 0.3 is 6.18 Å². The first-order valence-electron chi connectivity index (χ1n) is 3.59. The molecule has 1 heterocycles. The van der Waals surface area contributed by atoms with Crippen LogP contribution in [0.4, 0.5) is 13.2 Å². The molecule has 74 valence electrons. The van der Waals surface area contributed by atoms with Crippen molar-refractivity contribution in [3.8, 4) is 0 Å². The summed E-state index contributed by atoms with van der Waals surface area (Å²) in [5.41, 5.74) is 5.10. The molecule has 0 radical (unpaired) electrons. The standard InChI is InChI=1S/C7H9F3N2O/c1-3-5(4(2)13-12-3)6(11)7(8,9)10/h6H,11H2,1-2H3. The van der Waals surface area contributed by atoms with Crippen molar-refractivity contribution in [2.75, 3.05) is 0 Å². The van der Waals surface area contributed by atoms with Crippen molar-refractivity contribution in [2.24, 2.45) is 5.73 Å². The summed E-state index contributed by atoms with van der Waals surface area (Å²) in [5, 5.41) is 3.40. The summed E-state index contributed by atoms with van der Waals surface area (Å²) in [6.07, 6.45) is -4.46. The van der Waals surface area contributed by atoms with Gasteiger partial charge in [0.15, 0.2) is 0 Å². The molecule has 0 saturated carbocycles. The summed E-state index contributed by atoms with van der Waals surface area (Å²) in [4.78, 5) is 0. The van der Waals surface area contributed by atoms with Crippen LogP contribution in [0.2, 0.25) is 0 Å². The lowest BCUT2D eigenvalue weighted by Gasteiger charge is -2.14. The first kappa shape index (κ1) is 10.0. The Morgan fingerprint density at radius 3 is 2.23 bits per heavy atom. The Balaban J connectivity index is 3.08. The van der Waals surface area contributed by atoms with Gasteiger partial charge in [-0.05, 0) is 13.8 Å². The average molecular weight is 194 g/mol. The van der Waals surface area contributed by atoms with Crippen molar-refractivity contribution in [3.63, 3.8) is 0 Å². The fourth-order valence-electron chi connectivity index (χ4n) is 1.10. The summed E-state index contributed by atoms with van der Waals surface area (Å²) >= 11 is 0. The van der Waals surface area contributed by atoms with Crippen LogP contribution in [0.25, 0.3) is 0 Å². The van der Waals surface area contributed by atoms with E-state index in [-0.39, 0.29) is 17.0 Å². The minimum absolute atomic E-state index is 0.0764. The molecule has 13 heavy (non-hydrogen) atoms. The molecule has 0 aromatic carbocycles. The summed E-state index contributed by atoms with van der Waals surface area (Å²) in [5.74, 6) is 0.113. The zero-order valence-electron chi connectivity index (χ0n) is 7.14. The van der Waals surface area contributed by atoms with Gasteiger partial charge in [-0.25, -0.2) is 0 Å². The molecular formula is C7H9F3N2O. The average Bonchev–Trinajstić information content (AvgIpc) is 2.28. The maximum absolute atomic E-state index is 12.2. The molecule has 2 N–H and O–H groups in total. The molecule has 0 spiro atoms. The Kier molecular flexibility index (Phi) is 2.34. The van der Waals surface area contributed by atoms with Crippen LogP contribution in [0.3, 0.4) is 0 Å². The third kappa shape index (κ3) is 1.82. The van der Waals surface area contributed by atoms with Gasteiger partial charge in [0.1, 0.15) is 11.8 Å². The zero-order valence-corrected chi connectivity index (χ0v) is 7.14. The van der Waals surface area contributed by atoms with Gasteiger partial charge in [0.2, 0.25) is 0 Å². The van der Waals surface area contributed by atoms with E-state index in [0.29, 0.717) is 0 Å². The number of halogens is 3. The van der Waals surface area contributed by atoms with E-state index < -0.39 is 12.2 Å². The fraction of sp³-hybridized carbons (Fsp3) is 0.571. The molecule has 1 atom stereocenters. The molecular weight excluding hydrogens is 185 g/mol. The van der Waals surface area contributed by atoms with Crippen molar-refractivity contribution in [2.45, 2.75) is 26.1 Å². The number of aryl methyl sites for hydroxylation is 2. The highest BCUT2D eigenvalue weighted by atomic mass is 19.4. The minimum Gasteiger partial charge on any atom is -0.361 e. The van der Waals surface area contributed by atoms with E-state index in [1.54, 1.807) is 0 Å². The lowest BCUT2D eigenvalue weighted by molar-refractivity contribution is -0.149. The predicted molar refractivity (Wildman–Crippen MR) is 39.0 cm³/mol. The van der Waals surface area contributed by atoms with Crippen LogP contribution >= 0.6 is 0 Å². The van der Waals surface area contributed by atoms with Crippen LogP contribution in [0, 0.1) is 13.8 Å². The van der Waals surface area contributed by atoms with Gasteiger partial charge in [0.05, 0.1) is 5.69 Å². The molecule has 0 amide bonds. The van der Waals surface area contributed by atoms with Crippen LogP contribution in [0.5, 0.6) is 0 Å². The molecule has 0 aliphatic heterocycles. The molecule has 0 saturated heterocycles. The van der Waals surface area contributed by atoms with E-state index >= 15 is 0 Å². The number of rotatable bonds is 1. The van der Waals surface area contributed by atoms with Crippen molar-refractivity contribution < 1.29 is 17.7 Å². The first-order chi connectivity index (χ1) is 5.84. The van der Waals surface area contributed by atoms with Gasteiger partial charge in [-0.3, -0.25) is 0 Å². The fourth-order valence-corrected chi connectivity index (χ4v) is 1.10. The molecule has 0 aliphatic rings. The Morgan fingerprint density at radius 1 is 1.38 bits per heavy atom. The molecule has 1 aromatic rings. The molecule has 6 heteroatoms. The first-order valence-corrected chi connectivity index (χ1v) is 3.59. The van der Waals surface area contributed by atoms with Crippen LogP contribution in [0.15, 0.2) is 4.52 Å². The highest BCUT2D eigenvalue weighted by molar-refractivity contribution is 5.25. The van der Waals surface area contributed by atoms with Crippen molar-refractivity contribution in [1.82, 2.24) is 5.16 Å². The van der Waals surface area contributed by atoms with Crippen molar-refractivity contribution in [3.05, 3.63) is 17.0 Å². The molecule has 1 unspecified atom stereocenters. The highest BCUT2D eigenvalue weighted by Gasteiger charge is 2.40. The Labute approximate surface area is 72.7 Å². The third-order valence-corrected chi connectivity index (χ3v) is 1.75. The van der Waals surface area contributed by atoms with Gasteiger partial charge in [0, 0.05) is 5.56 Å². The number of nitrogens with zero attached hydrogens (tertiary/aromatic N) is 1. The van der Waals surface area contributed by atoms with Gasteiger partial charge < -0.3 is 10.3 Å². The van der Waals surface area contributed by atoms with E-state index in [2.05, 4.69) is 9.68 Å². The second-order valence-electron chi connectivity index (χ2n) is 2.76. The van der Waals surface area contributed by atoms with Crippen LogP contribution in [-0.4, -0.2) is 11.3 Å². The van der Waals surface area contributed by atoms with Gasteiger partial charge in [-0.2, -0.15) is 13.2 Å². The predicted octanol–water partition coefficient (Wildman–Crippen LogP) is 1.85. The maximum Gasteiger partial charge on any atom is 0.407 e. The second kappa shape index (κ2) is 3.02. The summed E-state index contributed by atoms with van der Waals surface area (Å²) in [7, 11) is 0. The normalized spacial score (nSPS) is 14.6. The van der Waals surface area contributed by atoms with Crippen LogP contribution in [0.1, 0.15) is 23.1 Å². The maximum atomic E-state index is 12.2. The minimum atomic E-state index is -4.46. The molecule has 3 nitrogen and oxygen atoms in total. The van der Waals surface area contributed by atoms with E-state index in [1.807, 2.05) is 0 Å². The van der Waals surface area contributed by atoms with E-state index in [4.69, 9.17) is 5.73 Å². The van der Waals surface area contributed by atoms with Gasteiger partial charge in [-0.15, -0.1) is 0 Å². The third-order valence-electron chi connectivity index (χ3n) is 1.75. The number of nitrogens with two attached hydrogens (primary N) is 1. The van der Waals surface area contributed by atoms with Gasteiger partial charge in [-0.1, -0.05) is 5.16 Å². The van der Waals surface area contributed by atoms with Crippen LogP contribution in [-0.2, 0) is 0 Å². The Hall–Kier alpha value is -1.04. The molecule has 0 bridgehead atoms. The van der Waals surface area contributed by atoms with E-state index in [0.717, 1.165) is 0 Å². The molecule has 0 fully saturated rings. The van der Waals surface area contributed by atoms with Crippen molar-refractivity contribution >= 4 is 0 Å². The summed E-state index contributed by atoms with van der Waals surface area (Å²) in [6, 6.07) is -2.02. The zero-order chi connectivity index (χ0) is 10.2. The quantitative estimate of drug-likeness (QED) is 0.742. The molecule has 1 rings (SSSR count). The monoisotopic (exact) mass is 194 g/mol. The summed E-state index contributed by atoms with van der Waals surface area (Å²) < 4.78 is 41.1. The Bertz CT molecular complexity index is 286. The smallest absolute Gasteiger partial charge is 0.361 e. The lowest BCUT2D eigenvalue weighted by atomic mass is 10.1. The number of alkyl halides is 3. The number of hydrogen-bond acceptors (Lipinski definition) is 3. The number of hydrogen-bond donors (Lipinski definition) is 1. The number of aromatic nitrogens is 1. The Morgan fingerprint density at radius 2 is 1.92 bits per heavy atom. The summed E-state index contributed by atoms with van der Waals surface area (Å²) in [6.45, 7) is 2.83. The second-order valence-corrected chi connectivity index (χ2v) is 2.76. The highest BCUT2D eigenvalue weighted by Crippen LogP contribution is 2.33. The van der Waals surface area contributed by atoms with Gasteiger partial charge in [0.25, 0.3) is 0 Å². The van der Waals surface area contributed by atoms with Crippen molar-refractivity contribution in [1.29, 1.82) is 0 Å². The topological polar surface area (TPSA) is 52.0 Å². The SMILES string of the molecule is Cc1noc(C)c1C(N)C(F)(F)F. The van der Waals surface area contributed by atoms with E-state index in [1.165, 1.54) is 13.8 Å². The largest absolute Gasteiger partial charge is 0.407 e. The van der Waals surface area contributed by atoms with Crippen LogP contribution < -0.4 is 5.73 Å².